The highest BCUT2D eigenvalue weighted by molar-refractivity contribution is 7.91. The van der Waals surface area contributed by atoms with Gasteiger partial charge in [0.15, 0.2) is 0 Å². The minimum atomic E-state index is -3.46. The average Bonchev–Trinajstić information content (AvgIpc) is 3.24. The molecule has 7 nitrogen and oxygen atoms in total. The average molecular weight is 424 g/mol. The maximum Gasteiger partial charge on any atom is 0.250 e. The van der Waals surface area contributed by atoms with E-state index in [4.69, 9.17) is 4.74 Å². The highest BCUT2D eigenvalue weighted by atomic mass is 32.2. The summed E-state index contributed by atoms with van der Waals surface area (Å²) >= 11 is 1.21. The van der Waals surface area contributed by atoms with Gasteiger partial charge in [0.2, 0.25) is 15.9 Å². The molecule has 0 unspecified atom stereocenters. The van der Waals surface area contributed by atoms with Crippen LogP contribution in [0.25, 0.3) is 0 Å². The fourth-order valence-electron chi connectivity index (χ4n) is 3.21. The van der Waals surface area contributed by atoms with Crippen molar-refractivity contribution in [3.63, 3.8) is 0 Å². The number of benzene rings is 1. The molecular formula is C19H25N3O4S2. The number of carbonyl (C=O) groups excluding carboxylic acids is 1. The summed E-state index contributed by atoms with van der Waals surface area (Å²) in [6, 6.07) is 10.1. The van der Waals surface area contributed by atoms with Gasteiger partial charge >= 0.3 is 0 Å². The molecule has 0 spiro atoms. The third kappa shape index (κ3) is 5.11. The van der Waals surface area contributed by atoms with E-state index in [2.05, 4.69) is 14.9 Å². The number of methoxy groups -OCH3 is 1. The van der Waals surface area contributed by atoms with E-state index in [1.165, 1.54) is 11.3 Å². The Bertz CT molecular complexity index is 892. The summed E-state index contributed by atoms with van der Waals surface area (Å²) in [5.41, 5.74) is 0.690. The van der Waals surface area contributed by atoms with Crippen molar-refractivity contribution in [3.05, 3.63) is 41.8 Å². The molecule has 1 fully saturated rings. The van der Waals surface area contributed by atoms with E-state index in [1.54, 1.807) is 30.7 Å². The molecule has 2 aromatic rings. The van der Waals surface area contributed by atoms with Crippen LogP contribution in [0.4, 0.5) is 5.69 Å². The van der Waals surface area contributed by atoms with Crippen molar-refractivity contribution in [1.82, 2.24) is 9.62 Å². The standard InChI is InChI=1S/C19H25N3O4S2/c1-14(19(23)20-16-5-3-6-17(13-16)26-2)22-10-8-15(9-11-22)21-28(24,25)18-7-4-12-27-18/h3-7,12-15,21H,8-11H2,1-2H3,(H,20,23)/t14-/m1/s1. The van der Waals surface area contributed by atoms with Crippen LogP contribution in [0.2, 0.25) is 0 Å². The number of amides is 1. The maximum atomic E-state index is 12.6. The third-order valence-corrected chi connectivity index (χ3v) is 7.79. The van der Waals surface area contributed by atoms with Gasteiger partial charge in [-0.3, -0.25) is 9.69 Å². The number of nitrogens with one attached hydrogen (secondary N) is 2. The summed E-state index contributed by atoms with van der Waals surface area (Å²) in [6.45, 7) is 3.18. The van der Waals surface area contributed by atoms with Crippen LogP contribution in [0.15, 0.2) is 46.0 Å². The van der Waals surface area contributed by atoms with Gasteiger partial charge in [-0.2, -0.15) is 0 Å². The topological polar surface area (TPSA) is 87.7 Å². The monoisotopic (exact) mass is 423 g/mol. The third-order valence-electron chi connectivity index (χ3n) is 4.88. The zero-order valence-corrected chi connectivity index (χ0v) is 17.6. The van der Waals surface area contributed by atoms with Crippen molar-refractivity contribution >= 4 is 33.0 Å². The summed E-state index contributed by atoms with van der Waals surface area (Å²) in [5.74, 6) is 0.593. The highest BCUT2D eigenvalue weighted by Gasteiger charge is 2.29. The molecule has 1 saturated heterocycles. The number of thiophene rings is 1. The Kier molecular flexibility index (Phi) is 6.71. The van der Waals surface area contributed by atoms with Crippen LogP contribution in [0.5, 0.6) is 5.75 Å². The van der Waals surface area contributed by atoms with Crippen LogP contribution in [0, 0.1) is 0 Å². The maximum absolute atomic E-state index is 12.6. The van der Waals surface area contributed by atoms with Crippen LogP contribution in [-0.4, -0.2) is 51.5 Å². The molecule has 2 N–H and O–H groups in total. The minimum absolute atomic E-state index is 0.0918. The van der Waals surface area contributed by atoms with Crippen molar-refractivity contribution < 1.29 is 17.9 Å². The molecule has 1 aliphatic heterocycles. The molecule has 0 saturated carbocycles. The first-order valence-corrected chi connectivity index (χ1v) is 11.5. The number of sulfonamides is 1. The van der Waals surface area contributed by atoms with Crippen LogP contribution in [-0.2, 0) is 14.8 Å². The molecule has 0 radical (unpaired) electrons. The molecule has 28 heavy (non-hydrogen) atoms. The number of likely N-dealkylation sites (tertiary alicyclic amines) is 1. The largest absolute Gasteiger partial charge is 0.497 e. The molecule has 9 heteroatoms. The van der Waals surface area contributed by atoms with Gasteiger partial charge in [0, 0.05) is 30.9 Å². The van der Waals surface area contributed by atoms with E-state index in [-0.39, 0.29) is 18.0 Å². The normalized spacial score (nSPS) is 17.2. The molecule has 0 bridgehead atoms. The van der Waals surface area contributed by atoms with Gasteiger partial charge in [0.1, 0.15) is 9.96 Å². The molecule has 1 aromatic carbocycles. The SMILES string of the molecule is COc1cccc(NC(=O)[C@@H](C)N2CCC(NS(=O)(=O)c3cccs3)CC2)c1. The van der Waals surface area contributed by atoms with Gasteiger partial charge in [0.05, 0.1) is 13.2 Å². The number of nitrogens with zero attached hydrogens (tertiary/aromatic N) is 1. The van der Waals surface area contributed by atoms with Gasteiger partial charge in [0.25, 0.3) is 0 Å². The summed E-state index contributed by atoms with van der Waals surface area (Å²) < 4.78 is 33.0. The first-order valence-electron chi connectivity index (χ1n) is 9.14. The Morgan fingerprint density at radius 3 is 2.64 bits per heavy atom. The van der Waals surface area contributed by atoms with Gasteiger partial charge < -0.3 is 10.1 Å². The quantitative estimate of drug-likeness (QED) is 0.715. The highest BCUT2D eigenvalue weighted by Crippen LogP contribution is 2.21. The molecule has 1 aliphatic rings. The van der Waals surface area contributed by atoms with E-state index in [1.807, 2.05) is 25.1 Å². The lowest BCUT2D eigenvalue weighted by atomic mass is 10.0. The van der Waals surface area contributed by atoms with Gasteiger partial charge in [-0.05, 0) is 43.3 Å². The fourth-order valence-corrected chi connectivity index (χ4v) is 5.53. The second kappa shape index (κ2) is 9.04. The Morgan fingerprint density at radius 2 is 2.00 bits per heavy atom. The van der Waals surface area contributed by atoms with Gasteiger partial charge in [-0.25, -0.2) is 13.1 Å². The molecule has 2 heterocycles. The number of carbonyl (C=O) groups is 1. The van der Waals surface area contributed by atoms with E-state index >= 15 is 0 Å². The van der Waals surface area contributed by atoms with E-state index in [9.17, 15) is 13.2 Å². The number of rotatable bonds is 7. The molecular weight excluding hydrogens is 398 g/mol. The van der Waals surface area contributed by atoms with Crippen molar-refractivity contribution in [3.8, 4) is 5.75 Å². The Labute approximate surface area is 169 Å². The van der Waals surface area contributed by atoms with Crippen LogP contribution in [0.3, 0.4) is 0 Å². The first kappa shape index (κ1) is 20.8. The van der Waals surface area contributed by atoms with E-state index < -0.39 is 10.0 Å². The second-order valence-electron chi connectivity index (χ2n) is 6.76. The van der Waals surface area contributed by atoms with Crippen LogP contribution >= 0.6 is 11.3 Å². The molecule has 1 atom stereocenters. The zero-order chi connectivity index (χ0) is 20.1. The number of anilines is 1. The molecule has 3 rings (SSSR count). The van der Waals surface area contributed by atoms with Crippen molar-refractivity contribution in [1.29, 1.82) is 0 Å². The first-order chi connectivity index (χ1) is 13.4. The molecule has 1 aromatic heterocycles. The lowest BCUT2D eigenvalue weighted by Gasteiger charge is -2.35. The Morgan fingerprint density at radius 1 is 1.25 bits per heavy atom. The van der Waals surface area contributed by atoms with Gasteiger partial charge in [-0.1, -0.05) is 12.1 Å². The fraction of sp³-hybridized carbons (Fsp3) is 0.421. The zero-order valence-electron chi connectivity index (χ0n) is 15.9. The second-order valence-corrected chi connectivity index (χ2v) is 9.65. The van der Waals surface area contributed by atoms with Crippen molar-refractivity contribution in [2.75, 3.05) is 25.5 Å². The predicted molar refractivity (Wildman–Crippen MR) is 110 cm³/mol. The van der Waals surface area contributed by atoms with Crippen molar-refractivity contribution in [2.45, 2.75) is 36.1 Å². The predicted octanol–water partition coefficient (Wildman–Crippen LogP) is 2.53. The summed E-state index contributed by atoms with van der Waals surface area (Å²) in [7, 11) is -1.88. The Hall–Kier alpha value is -1.94. The lowest BCUT2D eigenvalue weighted by molar-refractivity contribution is -0.121. The summed E-state index contributed by atoms with van der Waals surface area (Å²) in [5, 5.41) is 4.66. The van der Waals surface area contributed by atoms with Crippen molar-refractivity contribution in [2.24, 2.45) is 0 Å². The van der Waals surface area contributed by atoms with Crippen LogP contribution in [0.1, 0.15) is 19.8 Å². The van der Waals surface area contributed by atoms with E-state index in [0.717, 1.165) is 0 Å². The number of hydrogen-bond donors (Lipinski definition) is 2. The van der Waals surface area contributed by atoms with Crippen LogP contribution < -0.4 is 14.8 Å². The number of piperidine rings is 1. The van der Waals surface area contributed by atoms with Gasteiger partial charge in [-0.15, -0.1) is 11.3 Å². The Balaban J connectivity index is 1.51. The number of ether oxygens (including phenoxy) is 1. The summed E-state index contributed by atoms with van der Waals surface area (Å²) in [6.07, 6.45) is 1.34. The number of hydrogen-bond acceptors (Lipinski definition) is 6. The summed E-state index contributed by atoms with van der Waals surface area (Å²) in [4.78, 5) is 14.6. The molecule has 152 valence electrons. The smallest absolute Gasteiger partial charge is 0.250 e. The lowest BCUT2D eigenvalue weighted by Crippen LogP contribution is -2.50. The molecule has 1 amide bonds. The molecule has 0 aliphatic carbocycles. The van der Waals surface area contributed by atoms with E-state index in [0.29, 0.717) is 41.6 Å². The minimum Gasteiger partial charge on any atom is -0.497 e.